The largest absolute Gasteiger partial charge is 0.367 e. The summed E-state index contributed by atoms with van der Waals surface area (Å²) in [5, 5.41) is 6.03. The lowest BCUT2D eigenvalue weighted by atomic mass is 10.2. The van der Waals surface area contributed by atoms with E-state index in [1.807, 2.05) is 25.2 Å². The maximum Gasteiger partial charge on any atom is 0.225 e. The molecule has 1 aromatic carbocycles. The molecule has 0 aliphatic carbocycles. The molecule has 1 aliphatic heterocycles. The second-order valence-corrected chi connectivity index (χ2v) is 5.34. The van der Waals surface area contributed by atoms with Crippen LogP contribution in [0.1, 0.15) is 13.3 Å². The van der Waals surface area contributed by atoms with Gasteiger partial charge in [0.2, 0.25) is 5.91 Å². The number of nitrogens with zero attached hydrogens (tertiary/aromatic N) is 2. The Morgan fingerprint density at radius 1 is 1.19 bits per heavy atom. The number of amides is 1. The van der Waals surface area contributed by atoms with Crippen molar-refractivity contribution in [3.05, 3.63) is 24.3 Å². The number of nitrogens with one attached hydrogen (secondary N) is 2. The number of carbonyl (C=O) groups is 1. The van der Waals surface area contributed by atoms with E-state index in [1.165, 1.54) is 0 Å². The van der Waals surface area contributed by atoms with Gasteiger partial charge >= 0.3 is 0 Å². The number of hydrogen-bond donors (Lipinski definition) is 2. The number of likely N-dealkylation sites (N-methyl/N-ethyl adjacent to an activating group) is 1. The summed E-state index contributed by atoms with van der Waals surface area (Å²) in [4.78, 5) is 16.7. The van der Waals surface area contributed by atoms with Gasteiger partial charge in [0.25, 0.3) is 0 Å². The first-order valence-electron chi connectivity index (χ1n) is 7.75. The molecule has 0 spiro atoms. The zero-order chi connectivity index (χ0) is 15.1. The molecule has 5 heteroatoms. The van der Waals surface area contributed by atoms with Crippen molar-refractivity contribution in [3.63, 3.8) is 0 Å². The number of hydrogen-bond acceptors (Lipinski definition) is 4. The highest BCUT2D eigenvalue weighted by Gasteiger charge is 2.18. The molecule has 1 heterocycles. The average molecular weight is 290 g/mol. The van der Waals surface area contributed by atoms with Gasteiger partial charge in [0.1, 0.15) is 0 Å². The summed E-state index contributed by atoms with van der Waals surface area (Å²) in [6, 6.07) is 8.08. The second-order valence-electron chi connectivity index (χ2n) is 5.34. The van der Waals surface area contributed by atoms with E-state index in [9.17, 15) is 4.79 Å². The number of benzene rings is 1. The summed E-state index contributed by atoms with van der Waals surface area (Å²) in [7, 11) is 1.86. The van der Waals surface area contributed by atoms with Crippen LogP contribution < -0.4 is 15.5 Å². The number of rotatable bonds is 6. The zero-order valence-electron chi connectivity index (χ0n) is 13.1. The Morgan fingerprint density at radius 2 is 1.90 bits per heavy atom. The quantitative estimate of drug-likeness (QED) is 0.831. The first kappa shape index (κ1) is 15.8. The molecule has 116 valence electrons. The van der Waals surface area contributed by atoms with Crippen LogP contribution in [0.25, 0.3) is 0 Å². The summed E-state index contributed by atoms with van der Waals surface area (Å²) in [6.07, 6.45) is 0.494. The smallest absolute Gasteiger partial charge is 0.225 e. The van der Waals surface area contributed by atoms with Crippen molar-refractivity contribution in [2.75, 3.05) is 56.5 Å². The molecule has 0 unspecified atom stereocenters. The van der Waals surface area contributed by atoms with Gasteiger partial charge in [-0.3, -0.25) is 4.79 Å². The molecule has 0 radical (unpaired) electrons. The molecule has 0 atom stereocenters. The number of piperazine rings is 1. The van der Waals surface area contributed by atoms with Crippen molar-refractivity contribution in [1.82, 2.24) is 10.2 Å². The topological polar surface area (TPSA) is 47.6 Å². The van der Waals surface area contributed by atoms with E-state index < -0.39 is 0 Å². The molecular formula is C16H26N4O. The Kier molecular flexibility index (Phi) is 6.02. The SMILES string of the molecule is CCN1CCN(c2ccccc2NC(=O)CCNC)CC1. The molecule has 0 aromatic heterocycles. The van der Waals surface area contributed by atoms with Gasteiger partial charge in [-0.25, -0.2) is 0 Å². The molecule has 1 aromatic rings. The summed E-state index contributed by atoms with van der Waals surface area (Å²) in [5.74, 6) is 0.0593. The first-order valence-corrected chi connectivity index (χ1v) is 7.75. The number of carbonyl (C=O) groups excluding carboxylic acids is 1. The molecule has 5 nitrogen and oxygen atoms in total. The average Bonchev–Trinajstić information content (AvgIpc) is 2.53. The van der Waals surface area contributed by atoms with Crippen molar-refractivity contribution >= 4 is 17.3 Å². The first-order chi connectivity index (χ1) is 10.2. The second kappa shape index (κ2) is 8.00. The van der Waals surface area contributed by atoms with Crippen molar-refractivity contribution in [1.29, 1.82) is 0 Å². The molecule has 1 aliphatic rings. The van der Waals surface area contributed by atoms with Gasteiger partial charge < -0.3 is 20.4 Å². The Balaban J connectivity index is 2.01. The van der Waals surface area contributed by atoms with E-state index in [0.717, 1.165) is 44.1 Å². The molecule has 1 fully saturated rings. The normalized spacial score (nSPS) is 16.0. The van der Waals surface area contributed by atoms with Crippen LogP contribution >= 0.6 is 0 Å². The summed E-state index contributed by atoms with van der Waals surface area (Å²) in [6.45, 7) is 8.19. The highest BCUT2D eigenvalue weighted by atomic mass is 16.1. The van der Waals surface area contributed by atoms with Crippen molar-refractivity contribution in [3.8, 4) is 0 Å². The Morgan fingerprint density at radius 3 is 2.57 bits per heavy atom. The van der Waals surface area contributed by atoms with Gasteiger partial charge in [-0.2, -0.15) is 0 Å². The monoisotopic (exact) mass is 290 g/mol. The predicted molar refractivity (Wildman–Crippen MR) is 87.9 cm³/mol. The minimum absolute atomic E-state index is 0.0593. The van der Waals surface area contributed by atoms with E-state index in [0.29, 0.717) is 13.0 Å². The van der Waals surface area contributed by atoms with Gasteiger partial charge in [-0.15, -0.1) is 0 Å². The van der Waals surface area contributed by atoms with Gasteiger partial charge in [0, 0.05) is 39.1 Å². The van der Waals surface area contributed by atoms with Crippen molar-refractivity contribution in [2.24, 2.45) is 0 Å². The maximum atomic E-state index is 11.9. The van der Waals surface area contributed by atoms with Gasteiger partial charge in [-0.1, -0.05) is 19.1 Å². The Bertz CT molecular complexity index is 455. The fraction of sp³-hybridized carbons (Fsp3) is 0.562. The molecule has 2 N–H and O–H groups in total. The molecule has 21 heavy (non-hydrogen) atoms. The number of para-hydroxylation sites is 2. The fourth-order valence-corrected chi connectivity index (χ4v) is 2.61. The molecule has 1 amide bonds. The maximum absolute atomic E-state index is 11.9. The van der Waals surface area contributed by atoms with Crippen LogP contribution in [0.4, 0.5) is 11.4 Å². The van der Waals surface area contributed by atoms with E-state index in [4.69, 9.17) is 0 Å². The molecule has 0 bridgehead atoms. The van der Waals surface area contributed by atoms with Gasteiger partial charge in [0.15, 0.2) is 0 Å². The highest BCUT2D eigenvalue weighted by Crippen LogP contribution is 2.26. The molecule has 1 saturated heterocycles. The lowest BCUT2D eigenvalue weighted by Gasteiger charge is -2.36. The zero-order valence-corrected chi connectivity index (χ0v) is 13.1. The minimum atomic E-state index is 0.0593. The van der Waals surface area contributed by atoms with E-state index in [2.05, 4.69) is 33.4 Å². The Hall–Kier alpha value is -1.59. The lowest BCUT2D eigenvalue weighted by Crippen LogP contribution is -2.46. The van der Waals surface area contributed by atoms with Gasteiger partial charge in [-0.05, 0) is 25.7 Å². The van der Waals surface area contributed by atoms with Crippen LogP contribution in [0.2, 0.25) is 0 Å². The van der Waals surface area contributed by atoms with Crippen molar-refractivity contribution < 1.29 is 4.79 Å². The third-order valence-electron chi connectivity index (χ3n) is 3.94. The standard InChI is InChI=1S/C16H26N4O/c1-3-19-10-12-20(13-11-19)15-7-5-4-6-14(15)18-16(21)8-9-17-2/h4-7,17H,3,8-13H2,1-2H3,(H,18,21). The molecule has 0 saturated carbocycles. The third kappa shape index (κ3) is 4.44. The van der Waals surface area contributed by atoms with E-state index in [-0.39, 0.29) is 5.91 Å². The van der Waals surface area contributed by atoms with Gasteiger partial charge in [0.05, 0.1) is 11.4 Å². The lowest BCUT2D eigenvalue weighted by molar-refractivity contribution is -0.116. The van der Waals surface area contributed by atoms with Crippen LogP contribution in [-0.2, 0) is 4.79 Å². The predicted octanol–water partition coefficient (Wildman–Crippen LogP) is 1.38. The summed E-state index contributed by atoms with van der Waals surface area (Å²) >= 11 is 0. The fourth-order valence-electron chi connectivity index (χ4n) is 2.61. The highest BCUT2D eigenvalue weighted by molar-refractivity contribution is 5.94. The van der Waals surface area contributed by atoms with Crippen LogP contribution in [0, 0.1) is 0 Å². The summed E-state index contributed by atoms with van der Waals surface area (Å²) in [5.41, 5.74) is 2.05. The Labute approximate surface area is 127 Å². The van der Waals surface area contributed by atoms with Crippen LogP contribution in [0.15, 0.2) is 24.3 Å². The molecular weight excluding hydrogens is 264 g/mol. The van der Waals surface area contributed by atoms with Crippen LogP contribution in [0.5, 0.6) is 0 Å². The third-order valence-corrected chi connectivity index (χ3v) is 3.94. The minimum Gasteiger partial charge on any atom is -0.367 e. The van der Waals surface area contributed by atoms with E-state index in [1.54, 1.807) is 0 Å². The van der Waals surface area contributed by atoms with Crippen molar-refractivity contribution in [2.45, 2.75) is 13.3 Å². The van der Waals surface area contributed by atoms with E-state index >= 15 is 0 Å². The molecule has 2 rings (SSSR count). The summed E-state index contributed by atoms with van der Waals surface area (Å²) < 4.78 is 0. The van der Waals surface area contributed by atoms with Crippen LogP contribution in [-0.4, -0.2) is 57.1 Å². The van der Waals surface area contributed by atoms with Crippen LogP contribution in [0.3, 0.4) is 0 Å². The number of anilines is 2.